The molecule has 0 fully saturated rings. The fourth-order valence-electron chi connectivity index (χ4n) is 2.06. The van der Waals surface area contributed by atoms with Gasteiger partial charge in [-0.2, -0.15) is 0 Å². The number of hydrogen-bond donors (Lipinski definition) is 2. The summed E-state index contributed by atoms with van der Waals surface area (Å²) < 4.78 is 11.0. The van der Waals surface area contributed by atoms with Crippen LogP contribution in [0, 0.1) is 0 Å². The Bertz CT molecular complexity index is 581. The van der Waals surface area contributed by atoms with Crippen molar-refractivity contribution >= 4 is 5.91 Å². The normalized spacial score (nSPS) is 11.9. The molecule has 5 heteroatoms. The van der Waals surface area contributed by atoms with Gasteiger partial charge in [-0.1, -0.05) is 38.0 Å². The third-order valence-corrected chi connectivity index (χ3v) is 3.29. The second-order valence-electron chi connectivity index (χ2n) is 5.08. The second kappa shape index (κ2) is 8.24. The van der Waals surface area contributed by atoms with Gasteiger partial charge in [-0.15, -0.1) is 0 Å². The van der Waals surface area contributed by atoms with E-state index in [0.29, 0.717) is 12.3 Å². The fourth-order valence-corrected chi connectivity index (χ4v) is 2.06. The molecule has 1 atom stereocenters. The van der Waals surface area contributed by atoms with Crippen molar-refractivity contribution in [3.63, 3.8) is 0 Å². The number of carbonyl (C=O) groups is 1. The molecule has 1 heterocycles. The van der Waals surface area contributed by atoms with Crippen LogP contribution in [0.25, 0.3) is 0 Å². The van der Waals surface area contributed by atoms with Crippen LogP contribution in [0.15, 0.2) is 46.9 Å². The highest BCUT2D eigenvalue weighted by atomic mass is 16.6. The van der Waals surface area contributed by atoms with Crippen molar-refractivity contribution in [1.82, 2.24) is 5.32 Å². The van der Waals surface area contributed by atoms with Crippen molar-refractivity contribution in [2.24, 2.45) is 5.73 Å². The standard InChI is InChI=1S/C17H22N2O3/c1-2-3-7-13(12-18)19-17(20)15-10-11-16(22-15)21-14-8-5-4-6-9-14/h4-6,8-11,13H,2-3,7,12,18H2,1H3,(H,19,20). The van der Waals surface area contributed by atoms with Gasteiger partial charge in [-0.3, -0.25) is 4.79 Å². The van der Waals surface area contributed by atoms with Crippen LogP contribution in [0.1, 0.15) is 36.7 Å². The van der Waals surface area contributed by atoms with Crippen LogP contribution in [-0.4, -0.2) is 18.5 Å². The van der Waals surface area contributed by atoms with Gasteiger partial charge in [0.1, 0.15) is 5.75 Å². The van der Waals surface area contributed by atoms with Gasteiger partial charge in [-0.25, -0.2) is 0 Å². The number of carbonyl (C=O) groups excluding carboxylic acids is 1. The van der Waals surface area contributed by atoms with Crippen LogP contribution >= 0.6 is 0 Å². The molecular weight excluding hydrogens is 280 g/mol. The van der Waals surface area contributed by atoms with Crippen LogP contribution in [0.2, 0.25) is 0 Å². The summed E-state index contributed by atoms with van der Waals surface area (Å²) in [5.41, 5.74) is 5.68. The van der Waals surface area contributed by atoms with E-state index in [0.717, 1.165) is 19.3 Å². The van der Waals surface area contributed by atoms with E-state index >= 15 is 0 Å². The molecule has 0 aliphatic carbocycles. The molecule has 3 N–H and O–H groups in total. The van der Waals surface area contributed by atoms with Gasteiger partial charge in [0.05, 0.1) is 0 Å². The van der Waals surface area contributed by atoms with Crippen LogP contribution in [0.3, 0.4) is 0 Å². The average Bonchev–Trinajstić information content (AvgIpc) is 3.01. The van der Waals surface area contributed by atoms with Crippen molar-refractivity contribution < 1.29 is 13.9 Å². The Morgan fingerprint density at radius 2 is 2.05 bits per heavy atom. The van der Waals surface area contributed by atoms with Crippen molar-refractivity contribution in [3.05, 3.63) is 48.2 Å². The summed E-state index contributed by atoms with van der Waals surface area (Å²) in [6, 6.07) is 12.5. The third kappa shape index (κ3) is 4.63. The first-order chi connectivity index (χ1) is 10.7. The van der Waals surface area contributed by atoms with Crippen molar-refractivity contribution in [2.45, 2.75) is 32.2 Å². The van der Waals surface area contributed by atoms with Crippen molar-refractivity contribution in [3.8, 4) is 11.7 Å². The zero-order valence-electron chi connectivity index (χ0n) is 12.7. The fraction of sp³-hybridized carbons (Fsp3) is 0.353. The second-order valence-corrected chi connectivity index (χ2v) is 5.08. The number of para-hydroxylation sites is 1. The average molecular weight is 302 g/mol. The predicted octanol–water partition coefficient (Wildman–Crippen LogP) is 3.32. The molecule has 0 bridgehead atoms. The summed E-state index contributed by atoms with van der Waals surface area (Å²) >= 11 is 0. The summed E-state index contributed by atoms with van der Waals surface area (Å²) in [6.07, 6.45) is 2.97. The molecule has 0 spiro atoms. The van der Waals surface area contributed by atoms with Gasteiger partial charge in [-0.05, 0) is 24.6 Å². The molecule has 1 unspecified atom stereocenters. The maximum absolute atomic E-state index is 12.1. The Hall–Kier alpha value is -2.27. The molecule has 0 radical (unpaired) electrons. The van der Waals surface area contributed by atoms with E-state index in [9.17, 15) is 4.79 Å². The number of benzene rings is 1. The topological polar surface area (TPSA) is 77.5 Å². The summed E-state index contributed by atoms with van der Waals surface area (Å²) in [6.45, 7) is 2.52. The number of amides is 1. The molecule has 1 amide bonds. The quantitative estimate of drug-likeness (QED) is 0.784. The van der Waals surface area contributed by atoms with Crippen LogP contribution < -0.4 is 15.8 Å². The molecule has 22 heavy (non-hydrogen) atoms. The highest BCUT2D eigenvalue weighted by molar-refractivity contribution is 5.91. The molecule has 2 aromatic rings. The Labute approximate surface area is 130 Å². The van der Waals surface area contributed by atoms with Gasteiger partial charge >= 0.3 is 0 Å². The lowest BCUT2D eigenvalue weighted by Crippen LogP contribution is -2.40. The SMILES string of the molecule is CCCCC(CN)NC(=O)c1ccc(Oc2ccccc2)o1. The molecule has 2 rings (SSSR count). The minimum atomic E-state index is -0.269. The Balaban J connectivity index is 1.94. The van der Waals surface area contributed by atoms with Gasteiger partial charge in [0.2, 0.25) is 0 Å². The number of hydrogen-bond acceptors (Lipinski definition) is 4. The molecule has 0 saturated carbocycles. The summed E-state index contributed by atoms with van der Waals surface area (Å²) in [5.74, 6) is 0.899. The largest absolute Gasteiger partial charge is 0.426 e. The maximum atomic E-state index is 12.1. The third-order valence-electron chi connectivity index (χ3n) is 3.29. The number of nitrogens with two attached hydrogens (primary N) is 1. The van der Waals surface area contributed by atoms with Crippen molar-refractivity contribution in [1.29, 1.82) is 0 Å². The first-order valence-corrected chi connectivity index (χ1v) is 7.56. The van der Waals surface area contributed by atoms with Gasteiger partial charge < -0.3 is 20.2 Å². The van der Waals surface area contributed by atoms with Gasteiger partial charge in [0, 0.05) is 18.7 Å². The zero-order chi connectivity index (χ0) is 15.8. The van der Waals surface area contributed by atoms with Gasteiger partial charge in [0.25, 0.3) is 11.9 Å². The van der Waals surface area contributed by atoms with Crippen LogP contribution in [0.4, 0.5) is 0 Å². The van der Waals surface area contributed by atoms with E-state index in [1.165, 1.54) is 0 Å². The molecule has 1 aromatic carbocycles. The van der Waals surface area contributed by atoms with Crippen molar-refractivity contribution in [2.75, 3.05) is 6.54 Å². The Morgan fingerprint density at radius 1 is 1.27 bits per heavy atom. The summed E-state index contributed by atoms with van der Waals surface area (Å²) in [4.78, 5) is 12.1. The Kier molecular flexibility index (Phi) is 6.03. The van der Waals surface area contributed by atoms with Crippen LogP contribution in [0.5, 0.6) is 11.7 Å². The number of unbranched alkanes of at least 4 members (excludes halogenated alkanes) is 1. The number of ether oxygens (including phenoxy) is 1. The highest BCUT2D eigenvalue weighted by Gasteiger charge is 2.16. The predicted molar refractivity (Wildman–Crippen MR) is 85.1 cm³/mol. The molecule has 1 aromatic heterocycles. The lowest BCUT2D eigenvalue weighted by atomic mass is 10.1. The smallest absolute Gasteiger partial charge is 0.290 e. The van der Waals surface area contributed by atoms with Gasteiger partial charge in [0.15, 0.2) is 5.76 Å². The highest BCUT2D eigenvalue weighted by Crippen LogP contribution is 2.23. The lowest BCUT2D eigenvalue weighted by Gasteiger charge is -2.15. The van der Waals surface area contributed by atoms with E-state index in [4.69, 9.17) is 14.9 Å². The zero-order valence-corrected chi connectivity index (χ0v) is 12.7. The molecule has 0 aliphatic rings. The molecule has 118 valence electrons. The first-order valence-electron chi connectivity index (χ1n) is 7.56. The minimum absolute atomic E-state index is 0.0314. The number of rotatable bonds is 8. The lowest BCUT2D eigenvalue weighted by molar-refractivity contribution is 0.0902. The van der Waals surface area contributed by atoms with E-state index in [-0.39, 0.29) is 23.7 Å². The number of nitrogens with one attached hydrogen (secondary N) is 1. The minimum Gasteiger partial charge on any atom is -0.426 e. The molecule has 0 aliphatic heterocycles. The monoisotopic (exact) mass is 302 g/mol. The number of furan rings is 1. The molecular formula is C17H22N2O3. The molecule has 0 saturated heterocycles. The van der Waals surface area contributed by atoms with E-state index in [2.05, 4.69) is 12.2 Å². The van der Waals surface area contributed by atoms with E-state index < -0.39 is 0 Å². The van der Waals surface area contributed by atoms with E-state index in [1.807, 2.05) is 30.3 Å². The Morgan fingerprint density at radius 3 is 2.73 bits per heavy atom. The van der Waals surface area contributed by atoms with E-state index in [1.54, 1.807) is 12.1 Å². The summed E-state index contributed by atoms with van der Waals surface area (Å²) in [5, 5.41) is 2.88. The molecule has 5 nitrogen and oxygen atoms in total. The summed E-state index contributed by atoms with van der Waals surface area (Å²) in [7, 11) is 0. The maximum Gasteiger partial charge on any atom is 0.290 e. The first kappa shape index (κ1) is 16.1. The van der Waals surface area contributed by atoms with Crippen LogP contribution in [-0.2, 0) is 0 Å².